The second-order valence-electron chi connectivity index (χ2n) is 5.65. The van der Waals surface area contributed by atoms with Gasteiger partial charge in [-0.15, -0.1) is 0 Å². The highest BCUT2D eigenvalue weighted by molar-refractivity contribution is 9.10. The van der Waals surface area contributed by atoms with Gasteiger partial charge in [-0.25, -0.2) is 8.42 Å². The van der Waals surface area contributed by atoms with Crippen molar-refractivity contribution >= 4 is 31.7 Å². The van der Waals surface area contributed by atoms with Crippen LogP contribution in [0.4, 0.5) is 0 Å². The van der Waals surface area contributed by atoms with Crippen molar-refractivity contribution in [1.29, 1.82) is 0 Å². The maximum absolute atomic E-state index is 12.5. The summed E-state index contributed by atoms with van der Waals surface area (Å²) < 4.78 is 24.1. The van der Waals surface area contributed by atoms with Gasteiger partial charge in [0.1, 0.15) is 5.69 Å². The van der Waals surface area contributed by atoms with Gasteiger partial charge < -0.3 is 4.90 Å². The molecular formula is C15H16BrN3O3S. The second-order valence-corrected chi connectivity index (χ2v) is 8.79. The molecular weight excluding hydrogens is 382 g/mol. The molecule has 0 spiro atoms. The summed E-state index contributed by atoms with van der Waals surface area (Å²) >= 11 is 3.37. The van der Waals surface area contributed by atoms with Crippen molar-refractivity contribution in [3.8, 4) is 11.3 Å². The lowest BCUT2D eigenvalue weighted by molar-refractivity contribution is 0.0741. The van der Waals surface area contributed by atoms with Crippen molar-refractivity contribution in [3.63, 3.8) is 0 Å². The average molecular weight is 398 g/mol. The smallest absolute Gasteiger partial charge is 0.271 e. The summed E-state index contributed by atoms with van der Waals surface area (Å²) in [5.74, 6) is -0.0753. The molecule has 2 heterocycles. The number of nitrogens with zero attached hydrogens (tertiary/aromatic N) is 2. The van der Waals surface area contributed by atoms with Crippen LogP contribution < -0.4 is 0 Å². The minimum atomic E-state index is -3.02. The van der Waals surface area contributed by atoms with E-state index in [1.807, 2.05) is 24.3 Å². The Hall–Kier alpha value is -1.67. The molecule has 2 aromatic rings. The van der Waals surface area contributed by atoms with Gasteiger partial charge in [0.2, 0.25) is 0 Å². The Morgan fingerprint density at radius 1 is 1.35 bits per heavy atom. The van der Waals surface area contributed by atoms with Gasteiger partial charge in [0.25, 0.3) is 5.91 Å². The van der Waals surface area contributed by atoms with Gasteiger partial charge in [-0.3, -0.25) is 9.89 Å². The minimum absolute atomic E-state index is 0.0307. The number of aromatic nitrogens is 2. The van der Waals surface area contributed by atoms with E-state index in [4.69, 9.17) is 0 Å². The molecule has 1 aromatic carbocycles. The van der Waals surface area contributed by atoms with Crippen LogP contribution in [0.2, 0.25) is 0 Å². The van der Waals surface area contributed by atoms with Crippen molar-refractivity contribution < 1.29 is 13.2 Å². The maximum atomic E-state index is 12.5. The zero-order chi connectivity index (χ0) is 16.6. The highest BCUT2D eigenvalue weighted by Gasteiger charge is 2.33. The maximum Gasteiger partial charge on any atom is 0.271 e. The molecule has 1 aliphatic heterocycles. The zero-order valence-electron chi connectivity index (χ0n) is 12.5. The number of rotatable bonds is 3. The van der Waals surface area contributed by atoms with Crippen LogP contribution >= 0.6 is 15.9 Å². The Balaban J connectivity index is 1.77. The number of amides is 1. The fourth-order valence-corrected chi connectivity index (χ4v) is 4.68. The number of carbonyl (C=O) groups is 1. The Bertz CT molecular complexity index is 830. The SMILES string of the molecule is CN(C(=O)c1cc(-c2ccc(Br)cc2)n[nH]1)[C@H]1CCS(=O)(=O)C1. The average Bonchev–Trinajstić information content (AvgIpc) is 3.13. The third kappa shape index (κ3) is 3.48. The largest absolute Gasteiger partial charge is 0.336 e. The van der Waals surface area contributed by atoms with Crippen molar-refractivity contribution in [1.82, 2.24) is 15.1 Å². The minimum Gasteiger partial charge on any atom is -0.336 e. The van der Waals surface area contributed by atoms with E-state index in [1.54, 1.807) is 13.1 Å². The van der Waals surface area contributed by atoms with Crippen molar-refractivity contribution in [2.24, 2.45) is 0 Å². The number of carbonyl (C=O) groups excluding carboxylic acids is 1. The molecule has 1 aromatic heterocycles. The van der Waals surface area contributed by atoms with Gasteiger partial charge in [-0.2, -0.15) is 5.10 Å². The molecule has 1 atom stereocenters. The molecule has 0 aliphatic carbocycles. The van der Waals surface area contributed by atoms with E-state index < -0.39 is 9.84 Å². The summed E-state index contributed by atoms with van der Waals surface area (Å²) in [5, 5.41) is 6.91. The van der Waals surface area contributed by atoms with Gasteiger partial charge in [-0.1, -0.05) is 28.1 Å². The molecule has 23 heavy (non-hydrogen) atoms. The molecule has 1 N–H and O–H groups in total. The van der Waals surface area contributed by atoms with Crippen molar-refractivity contribution in [2.45, 2.75) is 12.5 Å². The predicted molar refractivity (Wildman–Crippen MR) is 90.9 cm³/mol. The quantitative estimate of drug-likeness (QED) is 0.859. The van der Waals surface area contributed by atoms with Crippen molar-refractivity contribution in [2.75, 3.05) is 18.6 Å². The summed E-state index contributed by atoms with van der Waals surface area (Å²) in [6.07, 6.45) is 0.484. The van der Waals surface area contributed by atoms with Gasteiger partial charge >= 0.3 is 0 Å². The molecule has 1 amide bonds. The van der Waals surface area contributed by atoms with Crippen LogP contribution in [0, 0.1) is 0 Å². The Kier molecular flexibility index (Phi) is 4.29. The number of H-pyrrole nitrogens is 1. The number of aromatic amines is 1. The monoisotopic (exact) mass is 397 g/mol. The number of hydrogen-bond donors (Lipinski definition) is 1. The fraction of sp³-hybridized carbons (Fsp3) is 0.333. The first-order chi connectivity index (χ1) is 10.9. The number of halogens is 1. The first-order valence-electron chi connectivity index (χ1n) is 7.15. The summed E-state index contributed by atoms with van der Waals surface area (Å²) in [6.45, 7) is 0. The number of nitrogens with one attached hydrogen (secondary N) is 1. The van der Waals surface area contributed by atoms with E-state index in [0.717, 1.165) is 10.0 Å². The van der Waals surface area contributed by atoms with Crippen LogP contribution in [0.15, 0.2) is 34.8 Å². The highest BCUT2D eigenvalue weighted by atomic mass is 79.9. The van der Waals surface area contributed by atoms with Gasteiger partial charge in [0.15, 0.2) is 9.84 Å². The number of benzene rings is 1. The molecule has 1 fully saturated rings. The topological polar surface area (TPSA) is 83.1 Å². The Labute approximate surface area is 142 Å². The Morgan fingerprint density at radius 3 is 2.65 bits per heavy atom. The molecule has 8 heteroatoms. The normalized spacial score (nSPS) is 19.7. The molecule has 3 rings (SSSR count). The zero-order valence-corrected chi connectivity index (χ0v) is 14.9. The van der Waals surface area contributed by atoms with Crippen LogP contribution in [0.5, 0.6) is 0 Å². The van der Waals surface area contributed by atoms with Gasteiger partial charge in [0, 0.05) is 23.1 Å². The molecule has 0 radical (unpaired) electrons. The molecule has 0 saturated carbocycles. The lowest BCUT2D eigenvalue weighted by atomic mass is 10.1. The molecule has 1 aliphatic rings. The molecule has 0 unspecified atom stereocenters. The number of hydrogen-bond acceptors (Lipinski definition) is 4. The van der Waals surface area contributed by atoms with Crippen LogP contribution in [0.3, 0.4) is 0 Å². The standard InChI is InChI=1S/C15H16BrN3O3S/c1-19(12-6-7-23(21,22)9-12)15(20)14-8-13(17-18-14)10-2-4-11(16)5-3-10/h2-5,8,12H,6-7,9H2,1H3,(H,17,18)/t12-/m0/s1. The van der Waals surface area contributed by atoms with Crippen LogP contribution in [0.1, 0.15) is 16.9 Å². The highest BCUT2D eigenvalue weighted by Crippen LogP contribution is 2.22. The number of sulfone groups is 1. The van der Waals surface area contributed by atoms with Crippen LogP contribution in [0.25, 0.3) is 11.3 Å². The third-order valence-electron chi connectivity index (χ3n) is 4.02. The van der Waals surface area contributed by atoms with E-state index in [9.17, 15) is 13.2 Å². The summed E-state index contributed by atoms with van der Waals surface area (Å²) in [4.78, 5) is 14.0. The molecule has 1 saturated heterocycles. The van der Waals surface area contributed by atoms with E-state index in [1.165, 1.54) is 4.90 Å². The fourth-order valence-electron chi connectivity index (χ4n) is 2.64. The van der Waals surface area contributed by atoms with Crippen LogP contribution in [-0.4, -0.2) is 54.0 Å². The molecule has 0 bridgehead atoms. The summed E-state index contributed by atoms with van der Waals surface area (Å²) in [5.41, 5.74) is 1.93. The summed E-state index contributed by atoms with van der Waals surface area (Å²) in [6, 6.07) is 9.03. The molecule has 122 valence electrons. The van der Waals surface area contributed by atoms with Gasteiger partial charge in [0.05, 0.1) is 17.2 Å². The third-order valence-corrected chi connectivity index (χ3v) is 6.30. The van der Waals surface area contributed by atoms with E-state index in [0.29, 0.717) is 17.8 Å². The lowest BCUT2D eigenvalue weighted by Gasteiger charge is -2.22. The second kappa shape index (κ2) is 6.09. The summed E-state index contributed by atoms with van der Waals surface area (Å²) in [7, 11) is -1.39. The molecule has 6 nitrogen and oxygen atoms in total. The van der Waals surface area contributed by atoms with E-state index in [2.05, 4.69) is 26.1 Å². The first-order valence-corrected chi connectivity index (χ1v) is 9.76. The lowest BCUT2D eigenvalue weighted by Crippen LogP contribution is -2.38. The van der Waals surface area contributed by atoms with Crippen LogP contribution in [-0.2, 0) is 9.84 Å². The van der Waals surface area contributed by atoms with Crippen molar-refractivity contribution in [3.05, 3.63) is 40.5 Å². The Morgan fingerprint density at radius 2 is 2.04 bits per heavy atom. The van der Waals surface area contributed by atoms with E-state index >= 15 is 0 Å². The first kappa shape index (κ1) is 16.2. The predicted octanol–water partition coefficient (Wildman–Crippen LogP) is 2.10. The van der Waals surface area contributed by atoms with E-state index in [-0.39, 0.29) is 23.5 Å². The van der Waals surface area contributed by atoms with Gasteiger partial charge in [-0.05, 0) is 24.6 Å².